The van der Waals surface area contributed by atoms with E-state index in [4.69, 9.17) is 5.14 Å². The van der Waals surface area contributed by atoms with Gasteiger partial charge in [-0.25, -0.2) is 13.6 Å². The van der Waals surface area contributed by atoms with Gasteiger partial charge in [0.25, 0.3) is 0 Å². The molecule has 0 aromatic carbocycles. The molecule has 0 aromatic heterocycles. The summed E-state index contributed by atoms with van der Waals surface area (Å²) < 4.78 is 20.6. The predicted octanol–water partition coefficient (Wildman–Crippen LogP) is -0.949. The molecule has 0 aliphatic heterocycles. The van der Waals surface area contributed by atoms with Crippen LogP contribution in [0.5, 0.6) is 0 Å². The van der Waals surface area contributed by atoms with Gasteiger partial charge in [-0.1, -0.05) is 6.08 Å². The molecule has 10 heavy (non-hydrogen) atoms. The molecule has 0 saturated carbocycles. The standard InChI is InChI=1S/C5H12N2O2S/c1-2-3-7-4-5-10(6,8)9/h2,7H,1,3-5H2,(H2,6,8,9). The van der Waals surface area contributed by atoms with Gasteiger partial charge in [0, 0.05) is 13.1 Å². The molecule has 0 saturated heterocycles. The molecule has 5 heteroatoms. The summed E-state index contributed by atoms with van der Waals surface area (Å²) in [5, 5.41) is 7.54. The third-order valence-electron chi connectivity index (χ3n) is 0.852. The highest BCUT2D eigenvalue weighted by atomic mass is 32.2. The first-order valence-electron chi connectivity index (χ1n) is 2.88. The molecule has 0 atom stereocenters. The van der Waals surface area contributed by atoms with Crippen LogP contribution in [0.2, 0.25) is 0 Å². The zero-order valence-electron chi connectivity index (χ0n) is 5.71. The lowest BCUT2D eigenvalue weighted by Gasteiger charge is -1.97. The van der Waals surface area contributed by atoms with Crippen molar-refractivity contribution >= 4 is 10.0 Å². The molecule has 0 amide bonds. The third kappa shape index (κ3) is 7.61. The Labute approximate surface area is 61.2 Å². The minimum Gasteiger partial charge on any atom is -0.312 e. The van der Waals surface area contributed by atoms with Crippen molar-refractivity contribution in [1.82, 2.24) is 5.32 Å². The minimum atomic E-state index is -3.30. The Kier molecular flexibility index (Phi) is 4.26. The van der Waals surface area contributed by atoms with Crippen molar-refractivity contribution in [3.8, 4) is 0 Å². The average Bonchev–Trinajstić information content (AvgIpc) is 1.78. The minimum absolute atomic E-state index is 0.0269. The molecule has 0 unspecified atom stereocenters. The molecular formula is C5H12N2O2S. The molecule has 0 aromatic rings. The van der Waals surface area contributed by atoms with E-state index >= 15 is 0 Å². The first-order chi connectivity index (χ1) is 4.56. The highest BCUT2D eigenvalue weighted by molar-refractivity contribution is 7.89. The monoisotopic (exact) mass is 164 g/mol. The maximum absolute atomic E-state index is 10.3. The van der Waals surface area contributed by atoms with E-state index in [2.05, 4.69) is 11.9 Å². The van der Waals surface area contributed by atoms with Gasteiger partial charge >= 0.3 is 0 Å². The predicted molar refractivity (Wildman–Crippen MR) is 41.0 cm³/mol. The summed E-state index contributed by atoms with van der Waals surface area (Å²) in [4.78, 5) is 0. The fourth-order valence-corrected chi connectivity index (χ4v) is 0.847. The third-order valence-corrected chi connectivity index (χ3v) is 1.63. The van der Waals surface area contributed by atoms with Gasteiger partial charge < -0.3 is 5.32 Å². The van der Waals surface area contributed by atoms with Crippen molar-refractivity contribution in [3.05, 3.63) is 12.7 Å². The number of hydrogen-bond acceptors (Lipinski definition) is 3. The largest absolute Gasteiger partial charge is 0.312 e. The molecule has 0 rings (SSSR count). The quantitative estimate of drug-likeness (QED) is 0.406. The van der Waals surface area contributed by atoms with Gasteiger partial charge in [0.1, 0.15) is 0 Å². The van der Waals surface area contributed by atoms with E-state index in [1.807, 2.05) is 0 Å². The van der Waals surface area contributed by atoms with Crippen LogP contribution in [0.1, 0.15) is 0 Å². The first kappa shape index (κ1) is 9.61. The van der Waals surface area contributed by atoms with Gasteiger partial charge in [-0.2, -0.15) is 0 Å². The van der Waals surface area contributed by atoms with Crippen LogP contribution in [0, 0.1) is 0 Å². The fraction of sp³-hybridized carbons (Fsp3) is 0.600. The van der Waals surface area contributed by atoms with Gasteiger partial charge in [0.05, 0.1) is 5.75 Å². The van der Waals surface area contributed by atoms with Crippen LogP contribution >= 0.6 is 0 Å². The summed E-state index contributed by atoms with van der Waals surface area (Å²) in [6.45, 7) is 4.44. The Morgan fingerprint density at radius 1 is 1.60 bits per heavy atom. The van der Waals surface area contributed by atoms with Crippen LogP contribution < -0.4 is 10.5 Å². The maximum Gasteiger partial charge on any atom is 0.210 e. The van der Waals surface area contributed by atoms with E-state index in [0.29, 0.717) is 13.1 Å². The van der Waals surface area contributed by atoms with Crippen LogP contribution in [0.25, 0.3) is 0 Å². The second-order valence-electron chi connectivity index (χ2n) is 1.86. The summed E-state index contributed by atoms with van der Waals surface area (Å²) in [5.41, 5.74) is 0. The fourth-order valence-electron chi connectivity index (χ4n) is 0.419. The zero-order chi connectivity index (χ0) is 8.04. The molecule has 0 bridgehead atoms. The lowest BCUT2D eigenvalue weighted by Crippen LogP contribution is -2.27. The molecule has 4 nitrogen and oxygen atoms in total. The number of hydrogen-bond donors (Lipinski definition) is 2. The second kappa shape index (κ2) is 4.43. The zero-order valence-corrected chi connectivity index (χ0v) is 6.52. The highest BCUT2D eigenvalue weighted by Crippen LogP contribution is 1.73. The van der Waals surface area contributed by atoms with Crippen molar-refractivity contribution in [3.63, 3.8) is 0 Å². The first-order valence-corrected chi connectivity index (χ1v) is 4.60. The van der Waals surface area contributed by atoms with Crippen LogP contribution in [0.15, 0.2) is 12.7 Å². The Morgan fingerprint density at radius 2 is 2.20 bits per heavy atom. The van der Waals surface area contributed by atoms with Gasteiger partial charge in [0.15, 0.2) is 0 Å². The van der Waals surface area contributed by atoms with E-state index in [-0.39, 0.29) is 5.75 Å². The second-order valence-corrected chi connectivity index (χ2v) is 3.59. The van der Waals surface area contributed by atoms with Crippen LogP contribution in [0.4, 0.5) is 0 Å². The van der Waals surface area contributed by atoms with Crippen LogP contribution in [-0.2, 0) is 10.0 Å². The summed E-state index contributed by atoms with van der Waals surface area (Å²) in [5.74, 6) is -0.0269. The van der Waals surface area contributed by atoms with E-state index in [1.165, 1.54) is 0 Å². The van der Waals surface area contributed by atoms with Crippen molar-refractivity contribution in [2.45, 2.75) is 0 Å². The highest BCUT2D eigenvalue weighted by Gasteiger charge is 1.99. The van der Waals surface area contributed by atoms with E-state index in [0.717, 1.165) is 0 Å². The Morgan fingerprint density at radius 3 is 2.60 bits per heavy atom. The molecule has 0 spiro atoms. The van der Waals surface area contributed by atoms with Gasteiger partial charge in [-0.3, -0.25) is 0 Å². The number of sulfonamides is 1. The molecule has 0 heterocycles. The molecular weight excluding hydrogens is 152 g/mol. The Balaban J connectivity index is 3.29. The molecule has 0 aliphatic carbocycles. The number of nitrogens with two attached hydrogens (primary N) is 1. The van der Waals surface area contributed by atoms with E-state index in [1.54, 1.807) is 6.08 Å². The normalized spacial score (nSPS) is 11.3. The number of primary sulfonamides is 1. The topological polar surface area (TPSA) is 72.2 Å². The van der Waals surface area contributed by atoms with Gasteiger partial charge in [-0.05, 0) is 0 Å². The lowest BCUT2D eigenvalue weighted by molar-refractivity contribution is 0.594. The summed E-state index contributed by atoms with van der Waals surface area (Å²) in [6, 6.07) is 0. The molecule has 60 valence electrons. The van der Waals surface area contributed by atoms with Crippen LogP contribution in [-0.4, -0.2) is 27.3 Å². The van der Waals surface area contributed by atoms with Crippen molar-refractivity contribution in [1.29, 1.82) is 0 Å². The van der Waals surface area contributed by atoms with Crippen molar-refractivity contribution < 1.29 is 8.42 Å². The lowest BCUT2D eigenvalue weighted by atomic mass is 10.6. The summed E-state index contributed by atoms with van der Waals surface area (Å²) in [7, 11) is -3.30. The molecule has 3 N–H and O–H groups in total. The van der Waals surface area contributed by atoms with Crippen molar-refractivity contribution in [2.24, 2.45) is 5.14 Å². The average molecular weight is 164 g/mol. The number of nitrogens with one attached hydrogen (secondary N) is 1. The molecule has 0 radical (unpaired) electrons. The summed E-state index contributed by atoms with van der Waals surface area (Å²) >= 11 is 0. The summed E-state index contributed by atoms with van der Waals surface area (Å²) in [6.07, 6.45) is 1.66. The van der Waals surface area contributed by atoms with Crippen molar-refractivity contribution in [2.75, 3.05) is 18.8 Å². The Hall–Kier alpha value is -0.390. The Bertz CT molecular complexity index is 186. The maximum atomic E-state index is 10.3. The number of rotatable bonds is 5. The smallest absolute Gasteiger partial charge is 0.210 e. The SMILES string of the molecule is C=CCNCCS(N)(=O)=O. The molecule has 0 aliphatic rings. The van der Waals surface area contributed by atoms with Gasteiger partial charge in [-0.15, -0.1) is 6.58 Å². The van der Waals surface area contributed by atoms with E-state index < -0.39 is 10.0 Å². The van der Waals surface area contributed by atoms with Crippen LogP contribution in [0.3, 0.4) is 0 Å². The molecule has 0 fully saturated rings. The van der Waals surface area contributed by atoms with Gasteiger partial charge in [0.2, 0.25) is 10.0 Å². The van der Waals surface area contributed by atoms with E-state index in [9.17, 15) is 8.42 Å².